The minimum absolute atomic E-state index is 1.01. The van der Waals surface area contributed by atoms with Crippen LogP contribution in [-0.2, 0) is 0 Å². The standard InChI is InChI=1S/C13H20/c1-2-6-10-11(7-3-1)13-9-5-4-8-12(10)13/h4,8,10-13H,1-3,5-7,9H2/t10-,11-,12-,13+/m0/s1. The summed E-state index contributed by atoms with van der Waals surface area (Å²) in [4.78, 5) is 0. The van der Waals surface area contributed by atoms with Crippen LogP contribution in [0.4, 0.5) is 0 Å². The van der Waals surface area contributed by atoms with E-state index in [1.54, 1.807) is 6.42 Å². The van der Waals surface area contributed by atoms with Crippen LogP contribution < -0.4 is 0 Å². The van der Waals surface area contributed by atoms with Gasteiger partial charge in [-0.05, 0) is 49.4 Å². The van der Waals surface area contributed by atoms with Gasteiger partial charge in [-0.3, -0.25) is 0 Å². The molecule has 0 saturated heterocycles. The maximum Gasteiger partial charge on any atom is -0.0171 e. The normalized spacial score (nSPS) is 48.6. The van der Waals surface area contributed by atoms with Crippen LogP contribution in [0.15, 0.2) is 12.2 Å². The van der Waals surface area contributed by atoms with Crippen LogP contribution in [0.1, 0.15) is 44.9 Å². The molecule has 13 heavy (non-hydrogen) atoms. The number of rotatable bonds is 0. The largest absolute Gasteiger partial charge is 0.0882 e. The van der Waals surface area contributed by atoms with Gasteiger partial charge in [0.25, 0.3) is 0 Å². The molecular weight excluding hydrogens is 156 g/mol. The van der Waals surface area contributed by atoms with Crippen molar-refractivity contribution >= 4 is 0 Å². The zero-order chi connectivity index (χ0) is 8.67. The average Bonchev–Trinajstić information content (AvgIpc) is 2.37. The van der Waals surface area contributed by atoms with E-state index in [0.717, 1.165) is 23.7 Å². The maximum absolute atomic E-state index is 2.54. The number of fused-ring (bicyclic) bond motifs is 4. The fourth-order valence-corrected chi connectivity index (χ4v) is 4.07. The average molecular weight is 176 g/mol. The topological polar surface area (TPSA) is 0 Å². The highest BCUT2D eigenvalue weighted by Gasteiger charge is 2.48. The summed E-state index contributed by atoms with van der Waals surface area (Å²) in [5.74, 6) is 4.35. The molecular formula is C13H20. The second kappa shape index (κ2) is 3.15. The Balaban J connectivity index is 1.77. The Morgan fingerprint density at radius 3 is 2.46 bits per heavy atom. The minimum atomic E-state index is 1.01. The lowest BCUT2D eigenvalue weighted by Gasteiger charge is -2.52. The first-order valence-electron chi connectivity index (χ1n) is 6.13. The molecule has 0 aliphatic heterocycles. The van der Waals surface area contributed by atoms with E-state index in [1.165, 1.54) is 38.5 Å². The molecule has 0 aromatic rings. The molecule has 0 aromatic carbocycles. The molecule has 2 fully saturated rings. The van der Waals surface area contributed by atoms with Crippen LogP contribution in [-0.4, -0.2) is 0 Å². The zero-order valence-electron chi connectivity index (χ0n) is 8.41. The van der Waals surface area contributed by atoms with Crippen molar-refractivity contribution < 1.29 is 0 Å². The summed E-state index contributed by atoms with van der Waals surface area (Å²) in [6, 6.07) is 0. The van der Waals surface area contributed by atoms with Gasteiger partial charge in [-0.15, -0.1) is 0 Å². The molecule has 0 aromatic heterocycles. The van der Waals surface area contributed by atoms with Gasteiger partial charge in [0, 0.05) is 0 Å². The molecule has 3 aliphatic carbocycles. The first-order valence-corrected chi connectivity index (χ1v) is 6.13. The van der Waals surface area contributed by atoms with E-state index in [1.807, 2.05) is 0 Å². The second-order valence-corrected chi connectivity index (χ2v) is 5.21. The highest BCUT2D eigenvalue weighted by Crippen LogP contribution is 2.56. The van der Waals surface area contributed by atoms with Crippen LogP contribution in [0, 0.1) is 23.7 Å². The third kappa shape index (κ3) is 1.18. The van der Waals surface area contributed by atoms with Crippen LogP contribution in [0.25, 0.3) is 0 Å². The van der Waals surface area contributed by atoms with Gasteiger partial charge >= 0.3 is 0 Å². The SMILES string of the molecule is C1=C[C@H]2[C@H]3CCCCC[C@@H]3[C@H]2CC1. The third-order valence-electron chi connectivity index (χ3n) is 4.69. The summed E-state index contributed by atoms with van der Waals surface area (Å²) in [5.41, 5.74) is 0. The van der Waals surface area contributed by atoms with E-state index in [9.17, 15) is 0 Å². The predicted molar refractivity (Wildman–Crippen MR) is 55.4 cm³/mol. The van der Waals surface area contributed by atoms with E-state index in [0.29, 0.717) is 0 Å². The fourth-order valence-electron chi connectivity index (χ4n) is 4.07. The molecule has 3 rings (SSSR count). The summed E-state index contributed by atoms with van der Waals surface area (Å²) in [7, 11) is 0. The fraction of sp³-hybridized carbons (Fsp3) is 0.846. The highest BCUT2D eigenvalue weighted by molar-refractivity contribution is 5.10. The first-order chi connectivity index (χ1) is 6.47. The van der Waals surface area contributed by atoms with Crippen molar-refractivity contribution in [2.24, 2.45) is 23.7 Å². The van der Waals surface area contributed by atoms with E-state index in [-0.39, 0.29) is 0 Å². The Kier molecular flexibility index (Phi) is 1.96. The van der Waals surface area contributed by atoms with Crippen molar-refractivity contribution in [3.63, 3.8) is 0 Å². The smallest absolute Gasteiger partial charge is 0.0171 e. The van der Waals surface area contributed by atoms with Gasteiger partial charge in [0.15, 0.2) is 0 Å². The van der Waals surface area contributed by atoms with E-state index in [4.69, 9.17) is 0 Å². The third-order valence-corrected chi connectivity index (χ3v) is 4.69. The van der Waals surface area contributed by atoms with E-state index >= 15 is 0 Å². The lowest BCUT2D eigenvalue weighted by Crippen LogP contribution is -2.46. The van der Waals surface area contributed by atoms with E-state index in [2.05, 4.69) is 12.2 Å². The Morgan fingerprint density at radius 2 is 1.54 bits per heavy atom. The zero-order valence-corrected chi connectivity index (χ0v) is 8.41. The first kappa shape index (κ1) is 8.08. The van der Waals surface area contributed by atoms with Gasteiger partial charge < -0.3 is 0 Å². The number of hydrogen-bond donors (Lipinski definition) is 0. The van der Waals surface area contributed by atoms with Crippen LogP contribution in [0.3, 0.4) is 0 Å². The van der Waals surface area contributed by atoms with Gasteiger partial charge in [-0.2, -0.15) is 0 Å². The molecule has 3 aliphatic rings. The summed E-state index contributed by atoms with van der Waals surface area (Å²) in [6.45, 7) is 0. The summed E-state index contributed by atoms with van der Waals surface area (Å²) < 4.78 is 0. The monoisotopic (exact) mass is 176 g/mol. The van der Waals surface area contributed by atoms with Crippen molar-refractivity contribution in [2.75, 3.05) is 0 Å². The molecule has 0 radical (unpaired) electrons. The second-order valence-electron chi connectivity index (χ2n) is 5.21. The number of allylic oxidation sites excluding steroid dienone is 2. The van der Waals surface area contributed by atoms with Gasteiger partial charge in [0.1, 0.15) is 0 Å². The maximum atomic E-state index is 2.54. The minimum Gasteiger partial charge on any atom is -0.0882 e. The highest BCUT2D eigenvalue weighted by atomic mass is 14.5. The Labute approximate surface area is 81.4 Å². The van der Waals surface area contributed by atoms with Crippen molar-refractivity contribution in [2.45, 2.75) is 44.9 Å². The summed E-state index contributed by atoms with van der Waals surface area (Å²) in [5, 5.41) is 0. The van der Waals surface area contributed by atoms with Crippen molar-refractivity contribution in [3.05, 3.63) is 12.2 Å². The molecule has 2 saturated carbocycles. The van der Waals surface area contributed by atoms with Gasteiger partial charge in [-0.25, -0.2) is 0 Å². The molecule has 0 heteroatoms. The molecule has 0 bridgehead atoms. The van der Waals surface area contributed by atoms with Crippen molar-refractivity contribution in [3.8, 4) is 0 Å². The Bertz CT molecular complexity index is 216. The van der Waals surface area contributed by atoms with Gasteiger partial charge in [0.05, 0.1) is 0 Å². The summed E-state index contributed by atoms with van der Waals surface area (Å²) >= 11 is 0. The van der Waals surface area contributed by atoms with Crippen LogP contribution in [0.5, 0.6) is 0 Å². The van der Waals surface area contributed by atoms with Gasteiger partial charge in [0.2, 0.25) is 0 Å². The molecule has 0 unspecified atom stereocenters. The van der Waals surface area contributed by atoms with Crippen molar-refractivity contribution in [1.29, 1.82) is 0 Å². The van der Waals surface area contributed by atoms with Crippen LogP contribution >= 0.6 is 0 Å². The molecule has 0 amide bonds. The van der Waals surface area contributed by atoms with Crippen LogP contribution in [0.2, 0.25) is 0 Å². The van der Waals surface area contributed by atoms with Crippen molar-refractivity contribution in [1.82, 2.24) is 0 Å². The number of hydrogen-bond acceptors (Lipinski definition) is 0. The Hall–Kier alpha value is -0.260. The summed E-state index contributed by atoms with van der Waals surface area (Å²) in [6.07, 6.45) is 15.5. The quantitative estimate of drug-likeness (QED) is 0.493. The Morgan fingerprint density at radius 1 is 0.769 bits per heavy atom. The molecule has 4 atom stereocenters. The molecule has 0 heterocycles. The molecule has 0 N–H and O–H groups in total. The molecule has 72 valence electrons. The van der Waals surface area contributed by atoms with Gasteiger partial charge in [-0.1, -0.05) is 31.4 Å². The van der Waals surface area contributed by atoms with E-state index < -0.39 is 0 Å². The predicted octanol–water partition coefficient (Wildman–Crippen LogP) is 3.78. The molecule has 0 spiro atoms. The lowest BCUT2D eigenvalue weighted by molar-refractivity contribution is -0.00667. The molecule has 0 nitrogen and oxygen atoms in total. The lowest BCUT2D eigenvalue weighted by atomic mass is 9.52.